The summed E-state index contributed by atoms with van der Waals surface area (Å²) in [4.78, 5) is 11.6. The second-order valence-electron chi connectivity index (χ2n) is 3.01. The van der Waals surface area contributed by atoms with E-state index in [-0.39, 0.29) is 18.0 Å². The quantitative estimate of drug-likeness (QED) is 0.322. The lowest BCUT2D eigenvalue weighted by atomic mass is 10.3. The maximum atomic E-state index is 11.6. The summed E-state index contributed by atoms with van der Waals surface area (Å²) < 4.78 is 4.79. The summed E-state index contributed by atoms with van der Waals surface area (Å²) in [5.74, 6) is 5.27. The van der Waals surface area contributed by atoms with Crippen LogP contribution >= 0.6 is 11.8 Å². The first kappa shape index (κ1) is 13.3. The van der Waals surface area contributed by atoms with Crippen LogP contribution < -0.4 is 5.84 Å². The maximum Gasteiger partial charge on any atom is 0.352 e. The SMILES string of the molecule is CCOC(=O)/C(C#N)=C1\N(C)N=C(SC)N1N. The third-order valence-corrected chi connectivity index (χ3v) is 2.62. The van der Waals surface area contributed by atoms with E-state index >= 15 is 0 Å². The fraction of sp³-hybridized carbons (Fsp3) is 0.444. The molecule has 0 bridgehead atoms. The molecule has 8 heteroatoms. The Morgan fingerprint density at radius 1 is 1.71 bits per heavy atom. The van der Waals surface area contributed by atoms with Crippen LogP contribution in [0.1, 0.15) is 6.92 Å². The molecule has 0 aromatic heterocycles. The molecule has 17 heavy (non-hydrogen) atoms. The molecule has 1 rings (SSSR count). The van der Waals surface area contributed by atoms with Gasteiger partial charge in [-0.1, -0.05) is 11.8 Å². The van der Waals surface area contributed by atoms with Crippen molar-refractivity contribution in [2.75, 3.05) is 19.9 Å². The molecule has 0 atom stereocenters. The van der Waals surface area contributed by atoms with Gasteiger partial charge in [0.1, 0.15) is 6.07 Å². The average molecular weight is 255 g/mol. The zero-order valence-electron chi connectivity index (χ0n) is 9.80. The van der Waals surface area contributed by atoms with Gasteiger partial charge in [0.15, 0.2) is 11.4 Å². The molecule has 7 nitrogen and oxygen atoms in total. The molecule has 0 radical (unpaired) electrons. The molecule has 0 aliphatic carbocycles. The minimum absolute atomic E-state index is 0.162. The van der Waals surface area contributed by atoms with E-state index in [0.29, 0.717) is 5.17 Å². The molecule has 0 aromatic rings. The number of nitrogens with zero attached hydrogens (tertiary/aromatic N) is 4. The van der Waals surface area contributed by atoms with Crippen LogP contribution in [0, 0.1) is 11.3 Å². The van der Waals surface area contributed by atoms with Gasteiger partial charge in [-0.15, -0.1) is 5.10 Å². The van der Waals surface area contributed by atoms with Crippen molar-refractivity contribution in [2.24, 2.45) is 10.9 Å². The molecular formula is C9H13N5O2S. The number of nitrogens with two attached hydrogens (primary N) is 1. The van der Waals surface area contributed by atoms with E-state index in [2.05, 4.69) is 5.10 Å². The number of esters is 1. The zero-order chi connectivity index (χ0) is 13.0. The largest absolute Gasteiger partial charge is 0.462 e. The molecule has 1 aliphatic rings. The van der Waals surface area contributed by atoms with Gasteiger partial charge in [-0.3, -0.25) is 0 Å². The number of hydrazone groups is 1. The molecule has 0 spiro atoms. The van der Waals surface area contributed by atoms with Gasteiger partial charge in [-0.25, -0.2) is 20.7 Å². The first-order valence-corrected chi connectivity index (χ1v) is 6.01. The molecule has 2 N–H and O–H groups in total. The first-order valence-electron chi connectivity index (χ1n) is 4.79. The molecule has 0 amide bonds. The second-order valence-corrected chi connectivity index (χ2v) is 3.78. The van der Waals surface area contributed by atoms with Gasteiger partial charge in [0.25, 0.3) is 0 Å². The lowest BCUT2D eigenvalue weighted by molar-refractivity contribution is -0.138. The Kier molecular flexibility index (Phi) is 4.37. The Bertz CT molecular complexity index is 426. The molecule has 1 heterocycles. The van der Waals surface area contributed by atoms with Crippen molar-refractivity contribution in [3.63, 3.8) is 0 Å². The van der Waals surface area contributed by atoms with E-state index in [9.17, 15) is 4.79 Å². The van der Waals surface area contributed by atoms with Gasteiger partial charge in [-0.2, -0.15) is 5.26 Å². The maximum absolute atomic E-state index is 11.6. The molecule has 0 saturated carbocycles. The van der Waals surface area contributed by atoms with Crippen LogP contribution in [-0.4, -0.2) is 41.1 Å². The molecule has 0 aromatic carbocycles. The van der Waals surface area contributed by atoms with E-state index < -0.39 is 5.97 Å². The van der Waals surface area contributed by atoms with Crippen LogP contribution in [-0.2, 0) is 9.53 Å². The van der Waals surface area contributed by atoms with E-state index in [1.54, 1.807) is 26.3 Å². The van der Waals surface area contributed by atoms with Crippen molar-refractivity contribution in [1.82, 2.24) is 10.0 Å². The highest BCUT2D eigenvalue weighted by Gasteiger charge is 2.30. The molecule has 0 unspecified atom stereocenters. The summed E-state index contributed by atoms with van der Waals surface area (Å²) in [7, 11) is 1.61. The summed E-state index contributed by atoms with van der Waals surface area (Å²) >= 11 is 1.31. The van der Waals surface area contributed by atoms with Crippen LogP contribution in [0.5, 0.6) is 0 Å². The number of hydrogen-bond donors (Lipinski definition) is 1. The van der Waals surface area contributed by atoms with Crippen molar-refractivity contribution in [2.45, 2.75) is 6.92 Å². The summed E-state index contributed by atoms with van der Waals surface area (Å²) in [5, 5.41) is 16.2. The number of hydrazine groups is 1. The van der Waals surface area contributed by atoms with Crippen molar-refractivity contribution < 1.29 is 9.53 Å². The molecule has 0 saturated heterocycles. The number of amidine groups is 1. The summed E-state index contributed by atoms with van der Waals surface area (Å²) in [5.41, 5.74) is -0.162. The number of carbonyl (C=O) groups excluding carboxylic acids is 1. The highest BCUT2D eigenvalue weighted by atomic mass is 32.2. The van der Waals surface area contributed by atoms with Gasteiger partial charge in [0.2, 0.25) is 5.17 Å². The van der Waals surface area contributed by atoms with E-state index in [0.717, 1.165) is 0 Å². The normalized spacial score (nSPS) is 17.7. The molecule has 1 aliphatic heterocycles. The fourth-order valence-electron chi connectivity index (χ4n) is 1.28. The number of thioether (sulfide) groups is 1. The summed E-state index contributed by atoms with van der Waals surface area (Å²) in [6.45, 7) is 1.86. The highest BCUT2D eigenvalue weighted by molar-refractivity contribution is 8.13. The third kappa shape index (κ3) is 2.51. The van der Waals surface area contributed by atoms with E-state index in [1.165, 1.54) is 21.8 Å². The zero-order valence-corrected chi connectivity index (χ0v) is 10.6. The van der Waals surface area contributed by atoms with Gasteiger partial charge >= 0.3 is 5.97 Å². The van der Waals surface area contributed by atoms with Crippen molar-refractivity contribution in [1.29, 1.82) is 5.26 Å². The topological polar surface area (TPSA) is 94.9 Å². The number of ether oxygens (including phenoxy) is 1. The first-order chi connectivity index (χ1) is 8.06. The van der Waals surface area contributed by atoms with E-state index in [1.807, 2.05) is 0 Å². The van der Waals surface area contributed by atoms with Crippen LogP contribution in [0.3, 0.4) is 0 Å². The Balaban J connectivity index is 3.13. The smallest absolute Gasteiger partial charge is 0.352 e. The number of nitriles is 1. The monoisotopic (exact) mass is 255 g/mol. The van der Waals surface area contributed by atoms with Crippen molar-refractivity contribution >= 4 is 22.9 Å². The minimum atomic E-state index is -0.704. The average Bonchev–Trinajstić information content (AvgIpc) is 2.58. The number of hydrogen-bond acceptors (Lipinski definition) is 8. The van der Waals surface area contributed by atoms with Gasteiger partial charge in [0.05, 0.1) is 6.61 Å². The summed E-state index contributed by atoms with van der Waals surface area (Å²) in [6.07, 6.45) is 1.80. The Morgan fingerprint density at radius 3 is 2.76 bits per heavy atom. The van der Waals surface area contributed by atoms with Crippen LogP contribution in [0.25, 0.3) is 0 Å². The van der Waals surface area contributed by atoms with Crippen LogP contribution in [0.2, 0.25) is 0 Å². The Labute approximate surface area is 103 Å². The molecular weight excluding hydrogens is 242 g/mol. The second kappa shape index (κ2) is 5.56. The van der Waals surface area contributed by atoms with Gasteiger partial charge in [0, 0.05) is 7.05 Å². The van der Waals surface area contributed by atoms with Crippen molar-refractivity contribution in [3.05, 3.63) is 11.4 Å². The van der Waals surface area contributed by atoms with Gasteiger partial charge in [-0.05, 0) is 13.2 Å². The molecule has 0 fully saturated rings. The van der Waals surface area contributed by atoms with Crippen LogP contribution in [0.4, 0.5) is 0 Å². The molecule has 92 valence electrons. The number of rotatable bonds is 2. The standard InChI is InChI=1S/C9H13N5O2S/c1-4-16-8(15)6(5-10)7-13(2)12-9(17-3)14(7)11/h4,11H2,1-3H3/b7-6+. The third-order valence-electron chi connectivity index (χ3n) is 1.97. The van der Waals surface area contributed by atoms with Crippen LogP contribution in [0.15, 0.2) is 16.5 Å². The minimum Gasteiger partial charge on any atom is -0.462 e. The fourth-order valence-corrected chi connectivity index (χ4v) is 1.77. The lowest BCUT2D eigenvalue weighted by Gasteiger charge is -2.17. The Morgan fingerprint density at radius 2 is 2.35 bits per heavy atom. The summed E-state index contributed by atoms with van der Waals surface area (Å²) in [6, 6.07) is 1.79. The van der Waals surface area contributed by atoms with Crippen molar-refractivity contribution in [3.8, 4) is 6.07 Å². The lowest BCUT2D eigenvalue weighted by Crippen LogP contribution is -2.35. The predicted molar refractivity (Wildman–Crippen MR) is 64.0 cm³/mol. The number of carbonyl (C=O) groups is 1. The van der Waals surface area contributed by atoms with E-state index in [4.69, 9.17) is 15.8 Å². The highest BCUT2D eigenvalue weighted by Crippen LogP contribution is 2.23. The predicted octanol–water partition coefficient (Wildman–Crippen LogP) is 0.0398. The Hall–Kier alpha value is -1.72. The van der Waals surface area contributed by atoms with Gasteiger partial charge < -0.3 is 4.74 Å².